The van der Waals surface area contributed by atoms with Crippen molar-refractivity contribution in [2.24, 2.45) is 11.8 Å². The highest BCUT2D eigenvalue weighted by atomic mass is 32.1. The fourth-order valence-corrected chi connectivity index (χ4v) is 6.48. The number of likely N-dealkylation sites (N-methyl/N-ethyl adjacent to an activating group) is 1. The first-order chi connectivity index (χ1) is 22.9. The first-order valence-corrected chi connectivity index (χ1v) is 17.0. The Hall–Kier alpha value is -4.36. The maximum atomic E-state index is 13.5. The summed E-state index contributed by atoms with van der Waals surface area (Å²) in [5, 5.41) is 12.9. The van der Waals surface area contributed by atoms with Gasteiger partial charge < -0.3 is 30.5 Å². The van der Waals surface area contributed by atoms with Crippen molar-refractivity contribution in [2.75, 3.05) is 38.5 Å². The normalized spacial score (nSPS) is 16.9. The van der Waals surface area contributed by atoms with Crippen molar-refractivity contribution in [1.29, 1.82) is 0 Å². The van der Waals surface area contributed by atoms with E-state index in [1.807, 2.05) is 61.6 Å². The largest absolute Gasteiger partial charge is 0.445 e. The van der Waals surface area contributed by atoms with E-state index in [0.717, 1.165) is 73.4 Å². The summed E-state index contributed by atoms with van der Waals surface area (Å²) < 4.78 is 9.21. The van der Waals surface area contributed by atoms with Crippen molar-refractivity contribution in [3.8, 4) is 0 Å². The zero-order valence-electron chi connectivity index (χ0n) is 26.7. The Morgan fingerprint density at radius 2 is 1.60 bits per heavy atom. The summed E-state index contributed by atoms with van der Waals surface area (Å²) in [5.74, 6) is -1.70. The zero-order valence-corrected chi connectivity index (χ0v) is 27.5. The Balaban J connectivity index is 1.19. The lowest BCUT2D eigenvalue weighted by atomic mass is 9.83. The van der Waals surface area contributed by atoms with Gasteiger partial charge in [-0.25, -0.2) is 4.79 Å². The number of nitrogens with one attached hydrogen (secondary N) is 3. The molecule has 2 heterocycles. The molecule has 0 unspecified atom stereocenters. The first kappa shape index (κ1) is 34.0. The van der Waals surface area contributed by atoms with Crippen LogP contribution in [0.5, 0.6) is 0 Å². The number of carbonyl (C=O) groups is 4. The van der Waals surface area contributed by atoms with Gasteiger partial charge in [0.2, 0.25) is 17.7 Å². The molecule has 0 spiro atoms. The van der Waals surface area contributed by atoms with Gasteiger partial charge in [0.1, 0.15) is 23.6 Å². The van der Waals surface area contributed by atoms with Crippen LogP contribution in [-0.4, -0.2) is 82.5 Å². The molecule has 1 saturated heterocycles. The molecule has 3 N–H and O–H groups in total. The molecule has 2 atom stereocenters. The molecule has 2 aromatic carbocycles. The van der Waals surface area contributed by atoms with E-state index in [1.54, 1.807) is 4.90 Å². The molecule has 1 aliphatic heterocycles. The Morgan fingerprint density at radius 3 is 2.28 bits per heavy atom. The third-order valence-corrected chi connectivity index (χ3v) is 9.44. The molecule has 0 bridgehead atoms. The predicted molar refractivity (Wildman–Crippen MR) is 178 cm³/mol. The quantitative estimate of drug-likeness (QED) is 0.250. The van der Waals surface area contributed by atoms with Crippen molar-refractivity contribution < 1.29 is 23.9 Å². The molecule has 13 heteroatoms. The number of benzene rings is 2. The summed E-state index contributed by atoms with van der Waals surface area (Å²) in [7, 11) is 2.01. The number of hydrogen-bond acceptors (Lipinski definition) is 9. The van der Waals surface area contributed by atoms with Crippen LogP contribution in [0.2, 0.25) is 0 Å². The molecule has 3 aromatic rings. The van der Waals surface area contributed by atoms with Gasteiger partial charge in [-0.1, -0.05) is 78.3 Å². The van der Waals surface area contributed by atoms with Gasteiger partial charge in [-0.3, -0.25) is 14.4 Å². The molecule has 1 saturated carbocycles. The minimum Gasteiger partial charge on any atom is -0.445 e. The van der Waals surface area contributed by atoms with Crippen molar-refractivity contribution in [3.05, 3.63) is 77.5 Å². The second kappa shape index (κ2) is 17.0. The molecular weight excluding hydrogens is 618 g/mol. The second-order valence-electron chi connectivity index (χ2n) is 12.3. The number of rotatable bonds is 12. The number of hydrogen-bond donors (Lipinski definition) is 3. The minimum atomic E-state index is -0.907. The molecule has 1 aliphatic carbocycles. The fraction of sp³-hybridized carbons (Fsp3) is 0.471. The summed E-state index contributed by atoms with van der Waals surface area (Å²) >= 11 is 1.06. The van der Waals surface area contributed by atoms with Crippen molar-refractivity contribution >= 4 is 40.3 Å². The lowest BCUT2D eigenvalue weighted by Crippen LogP contribution is -2.51. The Bertz CT molecular complexity index is 1460. The van der Waals surface area contributed by atoms with Gasteiger partial charge in [0.15, 0.2) is 0 Å². The molecule has 4 amide bonds. The second-order valence-corrected chi connectivity index (χ2v) is 13.1. The predicted octanol–water partition coefficient (Wildman–Crippen LogP) is 3.60. The molecule has 47 heavy (non-hydrogen) atoms. The molecule has 2 aliphatic rings. The average molecular weight is 662 g/mol. The summed E-state index contributed by atoms with van der Waals surface area (Å²) in [4.78, 5) is 56.8. The van der Waals surface area contributed by atoms with Crippen molar-refractivity contribution in [2.45, 2.75) is 57.7 Å². The van der Waals surface area contributed by atoms with E-state index in [0.29, 0.717) is 18.1 Å². The van der Waals surface area contributed by atoms with Gasteiger partial charge in [0.25, 0.3) is 0 Å². The van der Waals surface area contributed by atoms with Gasteiger partial charge in [0, 0.05) is 44.3 Å². The van der Waals surface area contributed by atoms with Gasteiger partial charge >= 0.3 is 6.09 Å². The molecule has 250 valence electrons. The first-order valence-electron chi connectivity index (χ1n) is 16.2. The average Bonchev–Trinajstić information content (AvgIpc) is 3.62. The van der Waals surface area contributed by atoms with E-state index in [1.165, 1.54) is 6.20 Å². The number of alkyl carbamates (subject to hydrolysis) is 1. The zero-order chi connectivity index (χ0) is 33.0. The Morgan fingerprint density at radius 1 is 0.894 bits per heavy atom. The van der Waals surface area contributed by atoms with Crippen LogP contribution in [0.25, 0.3) is 0 Å². The number of ether oxygens (including phenoxy) is 1. The number of amides is 4. The minimum absolute atomic E-state index is 0.0389. The number of nitrogens with zero attached hydrogens (tertiary/aromatic N) is 4. The number of piperazine rings is 1. The lowest BCUT2D eigenvalue weighted by Gasteiger charge is -2.34. The molecule has 1 aromatic heterocycles. The van der Waals surface area contributed by atoms with E-state index in [9.17, 15) is 19.2 Å². The lowest BCUT2D eigenvalue weighted by molar-refractivity contribution is -0.141. The summed E-state index contributed by atoms with van der Waals surface area (Å²) in [6.07, 6.45) is 5.99. The van der Waals surface area contributed by atoms with Crippen molar-refractivity contribution in [3.63, 3.8) is 0 Å². The van der Waals surface area contributed by atoms with Crippen molar-refractivity contribution in [1.82, 2.24) is 30.0 Å². The smallest absolute Gasteiger partial charge is 0.408 e. The highest BCUT2D eigenvalue weighted by Crippen LogP contribution is 2.27. The van der Waals surface area contributed by atoms with Crippen LogP contribution in [-0.2, 0) is 38.7 Å². The maximum absolute atomic E-state index is 13.5. The highest BCUT2D eigenvalue weighted by molar-refractivity contribution is 7.10. The van der Waals surface area contributed by atoms with Gasteiger partial charge in [0.05, 0.1) is 6.20 Å². The number of carbonyl (C=O) groups excluding carboxylic acids is 4. The standard InChI is InChI=1S/C34H43N7O5S/c1-40-16-18-41(19-17-40)33(44)28(31(42)37-29-22-36-39-47-29)20-24-12-14-25(15-13-24)21-35-32(43)30(27-10-6-3-7-11-27)38-34(45)46-23-26-8-4-2-5-9-26/h2,4-5,8-9,12-15,22,27-28,30H,3,6-7,10-11,16-21,23H2,1H3,(H,35,43)(H,37,42)(H,38,45)/t28-,30+/m1/s1. The van der Waals surface area contributed by atoms with E-state index >= 15 is 0 Å². The SMILES string of the molecule is CN1CCN(C(=O)[C@H](Cc2ccc(CNC(=O)[C@@H](NC(=O)OCc3ccccc3)C3CCCCC3)cc2)C(=O)Nc2cnns2)CC1. The van der Waals surface area contributed by atoms with Crippen LogP contribution >= 0.6 is 11.5 Å². The fourth-order valence-electron chi connectivity index (χ4n) is 6.05. The third kappa shape index (κ3) is 10.1. The summed E-state index contributed by atoms with van der Waals surface area (Å²) in [5.41, 5.74) is 2.56. The maximum Gasteiger partial charge on any atom is 0.408 e. The van der Waals surface area contributed by atoms with Gasteiger partial charge in [-0.2, -0.15) is 0 Å². The molecule has 5 rings (SSSR count). The molecule has 12 nitrogen and oxygen atoms in total. The monoisotopic (exact) mass is 661 g/mol. The van der Waals surface area contributed by atoms with Crippen LogP contribution in [0, 0.1) is 11.8 Å². The van der Waals surface area contributed by atoms with Crippen LogP contribution in [0.3, 0.4) is 0 Å². The van der Waals surface area contributed by atoms with Crippen LogP contribution in [0.4, 0.5) is 9.80 Å². The summed E-state index contributed by atoms with van der Waals surface area (Å²) in [6.45, 7) is 3.05. The van der Waals surface area contributed by atoms with Crippen LogP contribution < -0.4 is 16.0 Å². The van der Waals surface area contributed by atoms with Gasteiger partial charge in [-0.05, 0) is 48.9 Å². The number of aromatic nitrogens is 2. The summed E-state index contributed by atoms with van der Waals surface area (Å²) in [6, 6.07) is 16.3. The topological polar surface area (TPSA) is 146 Å². The Kier molecular flexibility index (Phi) is 12.3. The molecule has 2 fully saturated rings. The van der Waals surface area contributed by atoms with E-state index in [4.69, 9.17) is 4.74 Å². The van der Waals surface area contributed by atoms with Gasteiger partial charge in [-0.15, -0.1) is 5.10 Å². The van der Waals surface area contributed by atoms with E-state index in [-0.39, 0.29) is 43.2 Å². The van der Waals surface area contributed by atoms with Crippen LogP contribution in [0.1, 0.15) is 48.8 Å². The molecule has 0 radical (unpaired) electrons. The Labute approximate surface area is 279 Å². The van der Waals surface area contributed by atoms with E-state index < -0.39 is 18.1 Å². The van der Waals surface area contributed by atoms with Crippen LogP contribution in [0.15, 0.2) is 60.8 Å². The van der Waals surface area contributed by atoms with E-state index in [2.05, 4.69) is 30.4 Å². The highest BCUT2D eigenvalue weighted by Gasteiger charge is 2.33. The third-order valence-electron chi connectivity index (χ3n) is 8.86. The molecular formula is C34H43N7O5S. The number of anilines is 1.